The Labute approximate surface area is 113 Å². The highest BCUT2D eigenvalue weighted by atomic mass is 19.4. The molecule has 0 radical (unpaired) electrons. The Balaban J connectivity index is 2.38. The molecule has 1 N–H and O–H groups in total. The van der Waals surface area contributed by atoms with Crippen LogP contribution in [0.4, 0.5) is 18.9 Å². The molecule has 19 heavy (non-hydrogen) atoms. The molecule has 1 aromatic rings. The maximum Gasteiger partial charge on any atom is 0.389 e. The van der Waals surface area contributed by atoms with E-state index in [1.807, 2.05) is 19.1 Å². The largest absolute Gasteiger partial charge is 0.389 e. The van der Waals surface area contributed by atoms with E-state index in [0.29, 0.717) is 12.3 Å². The number of alkyl halides is 3. The fourth-order valence-corrected chi connectivity index (χ4v) is 1.93. The van der Waals surface area contributed by atoms with E-state index in [9.17, 15) is 13.2 Å². The van der Waals surface area contributed by atoms with Crippen LogP contribution in [0.15, 0.2) is 24.3 Å². The first-order chi connectivity index (χ1) is 8.78. The Morgan fingerprint density at radius 1 is 1.05 bits per heavy atom. The summed E-state index contributed by atoms with van der Waals surface area (Å²) in [4.78, 5) is 0. The standard InChI is InChI=1S/C15H22F3N/c1-11(2)13-6-8-14(9-7-13)19-12(3)5-4-10-15(16,17)18/h6-9,11-12,19H,4-5,10H2,1-3H3. The van der Waals surface area contributed by atoms with Gasteiger partial charge in [-0.05, 0) is 43.4 Å². The van der Waals surface area contributed by atoms with Crippen LogP contribution in [0.5, 0.6) is 0 Å². The van der Waals surface area contributed by atoms with E-state index in [0.717, 1.165) is 5.69 Å². The lowest BCUT2D eigenvalue weighted by Gasteiger charge is -2.16. The van der Waals surface area contributed by atoms with Crippen molar-refractivity contribution in [2.75, 3.05) is 5.32 Å². The number of hydrogen-bond donors (Lipinski definition) is 1. The molecule has 1 atom stereocenters. The summed E-state index contributed by atoms with van der Waals surface area (Å²) in [6, 6.07) is 8.11. The van der Waals surface area contributed by atoms with Crippen molar-refractivity contribution in [1.82, 2.24) is 0 Å². The van der Waals surface area contributed by atoms with Crippen LogP contribution >= 0.6 is 0 Å². The molecule has 1 unspecified atom stereocenters. The Hall–Kier alpha value is -1.19. The van der Waals surface area contributed by atoms with Crippen LogP contribution in [0, 0.1) is 0 Å². The maximum absolute atomic E-state index is 12.0. The fourth-order valence-electron chi connectivity index (χ4n) is 1.93. The predicted octanol–water partition coefficient (Wildman–Crippen LogP) is 5.34. The van der Waals surface area contributed by atoms with E-state index in [1.165, 1.54) is 5.56 Å². The van der Waals surface area contributed by atoms with Crippen LogP contribution in [-0.2, 0) is 0 Å². The van der Waals surface area contributed by atoms with Gasteiger partial charge in [0.25, 0.3) is 0 Å². The van der Waals surface area contributed by atoms with Crippen LogP contribution in [0.25, 0.3) is 0 Å². The summed E-state index contributed by atoms with van der Waals surface area (Å²) < 4.78 is 36.1. The van der Waals surface area contributed by atoms with Gasteiger partial charge in [-0.1, -0.05) is 26.0 Å². The molecule has 0 aliphatic heterocycles. The van der Waals surface area contributed by atoms with Crippen molar-refractivity contribution in [2.24, 2.45) is 0 Å². The molecule has 1 rings (SSSR count). The second-order valence-corrected chi connectivity index (χ2v) is 5.33. The second-order valence-electron chi connectivity index (χ2n) is 5.33. The lowest BCUT2D eigenvalue weighted by atomic mass is 10.0. The number of halogens is 3. The zero-order valence-corrected chi connectivity index (χ0v) is 11.7. The molecule has 1 nitrogen and oxygen atoms in total. The quantitative estimate of drug-likeness (QED) is 0.737. The molecule has 0 saturated heterocycles. The normalized spacial score (nSPS) is 13.6. The van der Waals surface area contributed by atoms with Crippen molar-refractivity contribution in [3.8, 4) is 0 Å². The molecule has 4 heteroatoms. The summed E-state index contributed by atoms with van der Waals surface area (Å²) in [6.07, 6.45) is -4.06. The van der Waals surface area contributed by atoms with Crippen molar-refractivity contribution in [3.63, 3.8) is 0 Å². The van der Waals surface area contributed by atoms with E-state index in [1.54, 1.807) is 0 Å². The minimum Gasteiger partial charge on any atom is -0.383 e. The highest BCUT2D eigenvalue weighted by Gasteiger charge is 2.26. The second kappa shape index (κ2) is 6.83. The summed E-state index contributed by atoms with van der Waals surface area (Å²) in [5.41, 5.74) is 2.22. The Morgan fingerprint density at radius 3 is 2.11 bits per heavy atom. The van der Waals surface area contributed by atoms with Gasteiger partial charge in [0.2, 0.25) is 0 Å². The third-order valence-electron chi connectivity index (χ3n) is 3.09. The Bertz CT molecular complexity index is 368. The molecule has 0 bridgehead atoms. The molecule has 1 aromatic carbocycles. The third kappa shape index (κ3) is 6.50. The molecule has 0 fully saturated rings. The van der Waals surface area contributed by atoms with Crippen molar-refractivity contribution in [3.05, 3.63) is 29.8 Å². The van der Waals surface area contributed by atoms with Gasteiger partial charge in [0.05, 0.1) is 0 Å². The minimum absolute atomic E-state index is 0.0484. The van der Waals surface area contributed by atoms with Crippen molar-refractivity contribution < 1.29 is 13.2 Å². The first-order valence-corrected chi connectivity index (χ1v) is 6.71. The van der Waals surface area contributed by atoms with E-state index >= 15 is 0 Å². The predicted molar refractivity (Wildman–Crippen MR) is 73.5 cm³/mol. The lowest BCUT2D eigenvalue weighted by molar-refractivity contribution is -0.135. The third-order valence-corrected chi connectivity index (χ3v) is 3.09. The van der Waals surface area contributed by atoms with Crippen molar-refractivity contribution in [1.29, 1.82) is 0 Å². The zero-order chi connectivity index (χ0) is 14.5. The SMILES string of the molecule is CC(CCCC(F)(F)F)Nc1ccc(C(C)C)cc1. The van der Waals surface area contributed by atoms with Gasteiger partial charge in [-0.3, -0.25) is 0 Å². The number of benzene rings is 1. The highest BCUT2D eigenvalue weighted by Crippen LogP contribution is 2.23. The molecule has 0 aliphatic rings. The van der Waals surface area contributed by atoms with Gasteiger partial charge in [0, 0.05) is 18.2 Å². The van der Waals surface area contributed by atoms with Gasteiger partial charge in [0.1, 0.15) is 0 Å². The van der Waals surface area contributed by atoms with E-state index in [4.69, 9.17) is 0 Å². The van der Waals surface area contributed by atoms with E-state index in [2.05, 4.69) is 31.3 Å². The van der Waals surface area contributed by atoms with Gasteiger partial charge < -0.3 is 5.32 Å². The van der Waals surface area contributed by atoms with Crippen molar-refractivity contribution in [2.45, 2.75) is 58.2 Å². The van der Waals surface area contributed by atoms with Crippen LogP contribution in [0.3, 0.4) is 0 Å². The lowest BCUT2D eigenvalue weighted by Crippen LogP contribution is -2.16. The average molecular weight is 273 g/mol. The molecule has 0 saturated carbocycles. The van der Waals surface area contributed by atoms with Crippen LogP contribution in [0.2, 0.25) is 0 Å². The summed E-state index contributed by atoms with van der Waals surface area (Å²) in [7, 11) is 0. The zero-order valence-electron chi connectivity index (χ0n) is 11.7. The number of hydrogen-bond acceptors (Lipinski definition) is 1. The summed E-state index contributed by atoms with van der Waals surface area (Å²) in [6.45, 7) is 6.16. The van der Waals surface area contributed by atoms with E-state index in [-0.39, 0.29) is 12.5 Å². The molecule has 0 aromatic heterocycles. The number of rotatable bonds is 6. The molecule has 0 amide bonds. The molecule has 0 aliphatic carbocycles. The monoisotopic (exact) mass is 273 g/mol. The maximum atomic E-state index is 12.0. The van der Waals surface area contributed by atoms with E-state index < -0.39 is 12.6 Å². The summed E-state index contributed by atoms with van der Waals surface area (Å²) >= 11 is 0. The van der Waals surface area contributed by atoms with Crippen LogP contribution < -0.4 is 5.32 Å². The molecule has 0 heterocycles. The molecular formula is C15H22F3N. The molecule has 108 valence electrons. The minimum atomic E-state index is -4.04. The highest BCUT2D eigenvalue weighted by molar-refractivity contribution is 5.45. The van der Waals surface area contributed by atoms with Crippen LogP contribution in [-0.4, -0.2) is 12.2 Å². The fraction of sp³-hybridized carbons (Fsp3) is 0.600. The topological polar surface area (TPSA) is 12.0 Å². The summed E-state index contributed by atoms with van der Waals surface area (Å²) in [5.74, 6) is 0.484. The first kappa shape index (κ1) is 15.9. The number of anilines is 1. The van der Waals surface area contributed by atoms with Gasteiger partial charge in [-0.2, -0.15) is 13.2 Å². The Morgan fingerprint density at radius 2 is 1.63 bits per heavy atom. The Kier molecular flexibility index (Phi) is 5.70. The van der Waals surface area contributed by atoms with Gasteiger partial charge in [0.15, 0.2) is 0 Å². The summed E-state index contributed by atoms with van der Waals surface area (Å²) in [5, 5.41) is 3.23. The van der Waals surface area contributed by atoms with Gasteiger partial charge in [-0.25, -0.2) is 0 Å². The van der Waals surface area contributed by atoms with Gasteiger partial charge in [-0.15, -0.1) is 0 Å². The van der Waals surface area contributed by atoms with Crippen molar-refractivity contribution >= 4 is 5.69 Å². The number of nitrogens with one attached hydrogen (secondary N) is 1. The van der Waals surface area contributed by atoms with Crippen LogP contribution in [0.1, 0.15) is 51.5 Å². The molecule has 0 spiro atoms. The smallest absolute Gasteiger partial charge is 0.383 e. The van der Waals surface area contributed by atoms with Gasteiger partial charge >= 0.3 is 6.18 Å². The molecular weight excluding hydrogens is 251 g/mol. The average Bonchev–Trinajstić information content (AvgIpc) is 2.27. The first-order valence-electron chi connectivity index (χ1n) is 6.71.